The lowest BCUT2D eigenvalue weighted by atomic mass is 10.0. The zero-order valence-corrected chi connectivity index (χ0v) is 22.7. The molecule has 2 aromatic rings. The summed E-state index contributed by atoms with van der Waals surface area (Å²) < 4.78 is 0. The number of carbonyl (C=O) groups excluding carboxylic acids is 5. The smallest absolute Gasteiger partial charge is 0.291 e. The highest BCUT2D eigenvalue weighted by atomic mass is 16.2. The van der Waals surface area contributed by atoms with Crippen molar-refractivity contribution in [1.29, 1.82) is 0 Å². The van der Waals surface area contributed by atoms with Gasteiger partial charge in [-0.1, -0.05) is 48.5 Å². The lowest BCUT2D eigenvalue weighted by Crippen LogP contribution is -2.54. The molecular weight excluding hydrogens is 498 g/mol. The molecule has 10 heteroatoms. The van der Waals surface area contributed by atoms with Crippen molar-refractivity contribution in [2.45, 2.75) is 44.3 Å². The van der Waals surface area contributed by atoms with Crippen LogP contribution >= 0.6 is 0 Å². The number of ketones is 1. The largest absolute Gasteiger partial charge is 0.347 e. The molecule has 3 rings (SSSR count). The molecule has 0 unspecified atom stereocenters. The summed E-state index contributed by atoms with van der Waals surface area (Å²) in [6.07, 6.45) is 1.79. The summed E-state index contributed by atoms with van der Waals surface area (Å²) >= 11 is 0. The van der Waals surface area contributed by atoms with Crippen LogP contribution in [0.4, 0.5) is 0 Å². The molecule has 0 aliphatic carbocycles. The Hall–Kier alpha value is -4.05. The van der Waals surface area contributed by atoms with Gasteiger partial charge in [-0.2, -0.15) is 0 Å². The van der Waals surface area contributed by atoms with E-state index >= 15 is 0 Å². The maximum Gasteiger partial charge on any atom is 0.291 e. The first-order valence-electron chi connectivity index (χ1n) is 13.1. The second kappa shape index (κ2) is 14.2. The van der Waals surface area contributed by atoms with Crippen LogP contribution in [-0.4, -0.2) is 91.1 Å². The summed E-state index contributed by atoms with van der Waals surface area (Å²) in [5.41, 5.74) is 1.24. The minimum atomic E-state index is -0.997. The van der Waals surface area contributed by atoms with Crippen molar-refractivity contribution in [1.82, 2.24) is 25.8 Å². The van der Waals surface area contributed by atoms with Crippen LogP contribution in [0.1, 0.15) is 35.7 Å². The lowest BCUT2D eigenvalue weighted by Gasteiger charge is -2.34. The van der Waals surface area contributed by atoms with Crippen molar-refractivity contribution in [2.24, 2.45) is 0 Å². The molecule has 208 valence electrons. The zero-order valence-electron chi connectivity index (χ0n) is 22.7. The van der Waals surface area contributed by atoms with Crippen LogP contribution in [0.5, 0.6) is 0 Å². The number of likely N-dealkylation sites (tertiary alicyclic amines) is 1. The Balaban J connectivity index is 1.54. The van der Waals surface area contributed by atoms with E-state index in [-0.39, 0.29) is 6.42 Å². The van der Waals surface area contributed by atoms with Gasteiger partial charge in [0.2, 0.25) is 17.6 Å². The molecule has 4 amide bonds. The predicted octanol–water partition coefficient (Wildman–Crippen LogP) is 0.770. The molecule has 1 heterocycles. The third kappa shape index (κ3) is 8.75. The van der Waals surface area contributed by atoms with E-state index < -0.39 is 48.0 Å². The molecule has 1 fully saturated rings. The number of nitrogens with zero attached hydrogens (tertiary/aromatic N) is 2. The number of Topliss-reactive ketones (excluding diaryl/α,β-unsaturated/α-hetero) is 1. The molecule has 0 aromatic heterocycles. The van der Waals surface area contributed by atoms with Crippen LogP contribution < -0.4 is 16.0 Å². The summed E-state index contributed by atoms with van der Waals surface area (Å²) in [5, 5.41) is 7.80. The van der Waals surface area contributed by atoms with Crippen molar-refractivity contribution in [3.8, 4) is 0 Å². The molecule has 2 atom stereocenters. The van der Waals surface area contributed by atoms with Gasteiger partial charge in [0, 0.05) is 31.1 Å². The average molecular weight is 536 g/mol. The Morgan fingerprint density at radius 3 is 2.05 bits per heavy atom. The molecule has 1 aliphatic rings. The highest BCUT2D eigenvalue weighted by Crippen LogP contribution is 2.14. The van der Waals surface area contributed by atoms with Crippen LogP contribution in [-0.2, 0) is 25.6 Å². The Kier molecular flexibility index (Phi) is 10.7. The van der Waals surface area contributed by atoms with Gasteiger partial charge in [-0.15, -0.1) is 0 Å². The number of piperidine rings is 1. The highest BCUT2D eigenvalue weighted by molar-refractivity contribution is 6.37. The van der Waals surface area contributed by atoms with Crippen molar-refractivity contribution >= 4 is 29.4 Å². The van der Waals surface area contributed by atoms with Gasteiger partial charge in [0.1, 0.15) is 12.1 Å². The Morgan fingerprint density at radius 2 is 1.46 bits per heavy atom. The molecule has 0 saturated carbocycles. The third-order valence-corrected chi connectivity index (χ3v) is 6.84. The van der Waals surface area contributed by atoms with Gasteiger partial charge in [-0.25, -0.2) is 0 Å². The van der Waals surface area contributed by atoms with E-state index in [2.05, 4.69) is 20.9 Å². The molecule has 0 bridgehead atoms. The monoisotopic (exact) mass is 535 g/mol. The van der Waals surface area contributed by atoms with Gasteiger partial charge in [0.15, 0.2) is 0 Å². The van der Waals surface area contributed by atoms with E-state index in [9.17, 15) is 24.0 Å². The van der Waals surface area contributed by atoms with Gasteiger partial charge in [0.05, 0.1) is 6.54 Å². The van der Waals surface area contributed by atoms with E-state index in [0.717, 1.165) is 18.4 Å². The van der Waals surface area contributed by atoms with E-state index in [0.29, 0.717) is 24.7 Å². The van der Waals surface area contributed by atoms with Gasteiger partial charge >= 0.3 is 0 Å². The minimum Gasteiger partial charge on any atom is -0.347 e. The molecule has 0 radical (unpaired) electrons. The van der Waals surface area contributed by atoms with E-state index in [4.69, 9.17) is 0 Å². The van der Waals surface area contributed by atoms with Crippen LogP contribution in [0.2, 0.25) is 0 Å². The van der Waals surface area contributed by atoms with Crippen molar-refractivity contribution in [3.05, 3.63) is 71.8 Å². The number of benzene rings is 2. The first-order valence-corrected chi connectivity index (χ1v) is 13.1. The lowest BCUT2D eigenvalue weighted by molar-refractivity contribution is -0.145. The quantitative estimate of drug-likeness (QED) is 0.365. The topological polar surface area (TPSA) is 128 Å². The fourth-order valence-electron chi connectivity index (χ4n) is 4.43. The first kappa shape index (κ1) is 29.5. The number of carbonyl (C=O) groups is 5. The second-order valence-corrected chi connectivity index (χ2v) is 9.94. The fraction of sp³-hybridized carbons (Fsp3) is 0.414. The number of hydrogen-bond acceptors (Lipinski definition) is 6. The third-order valence-electron chi connectivity index (χ3n) is 6.84. The van der Waals surface area contributed by atoms with E-state index in [1.807, 2.05) is 44.4 Å². The number of rotatable bonds is 11. The fourth-order valence-corrected chi connectivity index (χ4v) is 4.43. The molecule has 3 N–H and O–H groups in total. The predicted molar refractivity (Wildman–Crippen MR) is 147 cm³/mol. The summed E-state index contributed by atoms with van der Waals surface area (Å²) in [4.78, 5) is 67.1. The van der Waals surface area contributed by atoms with Crippen LogP contribution in [0.25, 0.3) is 0 Å². The van der Waals surface area contributed by atoms with Crippen LogP contribution in [0.3, 0.4) is 0 Å². The number of nitrogens with one attached hydrogen (secondary N) is 3. The highest BCUT2D eigenvalue weighted by Gasteiger charge is 2.29. The maximum absolute atomic E-state index is 13.1. The van der Waals surface area contributed by atoms with Gasteiger partial charge in [0.25, 0.3) is 11.8 Å². The second-order valence-electron chi connectivity index (χ2n) is 9.94. The normalized spacial score (nSPS) is 15.2. The van der Waals surface area contributed by atoms with Crippen molar-refractivity contribution in [3.63, 3.8) is 0 Å². The molecule has 1 aliphatic heterocycles. The minimum absolute atomic E-state index is 0.219. The molecule has 39 heavy (non-hydrogen) atoms. The summed E-state index contributed by atoms with van der Waals surface area (Å²) in [6.45, 7) is 2.00. The zero-order chi connectivity index (χ0) is 28.4. The van der Waals surface area contributed by atoms with E-state index in [1.165, 1.54) is 11.8 Å². The first-order chi connectivity index (χ1) is 18.7. The molecule has 2 aromatic carbocycles. The molecule has 10 nitrogen and oxygen atoms in total. The summed E-state index contributed by atoms with van der Waals surface area (Å²) in [6, 6.07) is 16.2. The van der Waals surface area contributed by atoms with Crippen molar-refractivity contribution < 1.29 is 24.0 Å². The summed E-state index contributed by atoms with van der Waals surface area (Å²) in [5.74, 6) is -2.89. The Labute approximate surface area is 229 Å². The van der Waals surface area contributed by atoms with Crippen molar-refractivity contribution in [2.75, 3.05) is 33.7 Å². The van der Waals surface area contributed by atoms with Crippen LogP contribution in [0.15, 0.2) is 60.7 Å². The SMILES string of the molecule is C[C@H](NC(=O)[C@H](Cc1ccccc1)NC(=O)c1ccccc1)C(=O)NCC(=O)C(=O)N1CCC(N(C)C)CC1. The standard InChI is InChI=1S/C29H37N5O5/c1-20(26(36)30-19-25(35)29(39)34-16-14-23(15-17-34)33(2)3)31-28(38)24(18-21-10-6-4-7-11-21)32-27(37)22-12-8-5-9-13-22/h4-13,20,23-24H,14-19H2,1-3H3,(H,30,36)(H,31,38)(H,32,37)/t20-,24-/m0/s1. The average Bonchev–Trinajstić information content (AvgIpc) is 2.95. The number of amides is 4. The number of hydrogen-bond donors (Lipinski definition) is 3. The molecule has 1 saturated heterocycles. The van der Waals surface area contributed by atoms with Gasteiger partial charge < -0.3 is 25.8 Å². The van der Waals surface area contributed by atoms with E-state index in [1.54, 1.807) is 30.3 Å². The molecule has 0 spiro atoms. The van der Waals surface area contributed by atoms with Gasteiger partial charge in [-0.05, 0) is 51.6 Å². The maximum atomic E-state index is 13.1. The summed E-state index contributed by atoms with van der Waals surface area (Å²) in [7, 11) is 3.98. The Morgan fingerprint density at radius 1 is 0.872 bits per heavy atom. The van der Waals surface area contributed by atoms with Gasteiger partial charge in [-0.3, -0.25) is 24.0 Å². The molecular formula is C29H37N5O5. The van der Waals surface area contributed by atoms with Crippen LogP contribution in [0, 0.1) is 0 Å². The Bertz CT molecular complexity index is 1150.